The molecule has 0 spiro atoms. The molecule has 104 valence electrons. The number of aromatic nitrogens is 2. The minimum Gasteiger partial charge on any atom is -0.496 e. The first-order chi connectivity index (χ1) is 9.31. The Labute approximate surface area is 118 Å². The van der Waals surface area contributed by atoms with Gasteiger partial charge in [-0.15, -0.1) is 11.3 Å². The molecule has 0 saturated carbocycles. The van der Waals surface area contributed by atoms with Gasteiger partial charge in [0.05, 0.1) is 12.0 Å². The number of nitrogens with zero attached hydrogens (tertiary/aromatic N) is 2. The van der Waals surface area contributed by atoms with Crippen LogP contribution in [0.4, 0.5) is 0 Å². The first kappa shape index (κ1) is 14.1. The SMILES string of the molecule is CCCNC(c1sccc1OC)c1nccn1CC. The van der Waals surface area contributed by atoms with E-state index in [1.807, 2.05) is 18.5 Å². The van der Waals surface area contributed by atoms with Crippen molar-refractivity contribution in [2.24, 2.45) is 0 Å². The number of methoxy groups -OCH3 is 1. The van der Waals surface area contributed by atoms with Crippen LogP contribution in [0.15, 0.2) is 23.8 Å². The Morgan fingerprint density at radius 3 is 3.00 bits per heavy atom. The van der Waals surface area contributed by atoms with Crippen LogP contribution < -0.4 is 10.1 Å². The highest BCUT2D eigenvalue weighted by Gasteiger charge is 2.22. The van der Waals surface area contributed by atoms with Crippen LogP contribution in [0.25, 0.3) is 0 Å². The summed E-state index contributed by atoms with van der Waals surface area (Å²) < 4.78 is 7.62. The number of hydrogen-bond acceptors (Lipinski definition) is 4. The lowest BCUT2D eigenvalue weighted by Gasteiger charge is -2.19. The molecule has 5 heteroatoms. The largest absolute Gasteiger partial charge is 0.496 e. The highest BCUT2D eigenvalue weighted by molar-refractivity contribution is 7.10. The zero-order valence-electron chi connectivity index (χ0n) is 11.7. The van der Waals surface area contributed by atoms with Crippen molar-refractivity contribution in [1.29, 1.82) is 0 Å². The van der Waals surface area contributed by atoms with Crippen LogP contribution in [-0.4, -0.2) is 23.2 Å². The van der Waals surface area contributed by atoms with E-state index in [1.54, 1.807) is 18.4 Å². The fraction of sp³-hybridized carbons (Fsp3) is 0.500. The molecule has 0 aliphatic carbocycles. The summed E-state index contributed by atoms with van der Waals surface area (Å²) in [6.45, 7) is 6.19. The third-order valence-electron chi connectivity index (χ3n) is 3.08. The molecule has 0 fully saturated rings. The van der Waals surface area contributed by atoms with Gasteiger partial charge in [0.1, 0.15) is 17.6 Å². The van der Waals surface area contributed by atoms with E-state index in [9.17, 15) is 0 Å². The maximum atomic E-state index is 5.45. The fourth-order valence-corrected chi connectivity index (χ4v) is 3.06. The lowest BCUT2D eigenvalue weighted by molar-refractivity contribution is 0.405. The second-order valence-electron chi connectivity index (χ2n) is 4.31. The molecule has 2 aromatic heterocycles. The molecule has 0 radical (unpaired) electrons. The normalized spacial score (nSPS) is 12.6. The molecular formula is C14H21N3OS. The molecule has 0 aliphatic heterocycles. The van der Waals surface area contributed by atoms with Gasteiger partial charge in [-0.3, -0.25) is 0 Å². The molecule has 1 unspecified atom stereocenters. The van der Waals surface area contributed by atoms with E-state index in [2.05, 4.69) is 34.1 Å². The van der Waals surface area contributed by atoms with E-state index >= 15 is 0 Å². The van der Waals surface area contributed by atoms with Crippen molar-refractivity contribution < 1.29 is 4.74 Å². The average molecular weight is 279 g/mol. The van der Waals surface area contributed by atoms with Crippen molar-refractivity contribution in [3.63, 3.8) is 0 Å². The molecule has 0 aliphatic rings. The lowest BCUT2D eigenvalue weighted by Crippen LogP contribution is -2.25. The van der Waals surface area contributed by atoms with E-state index in [-0.39, 0.29) is 6.04 Å². The molecule has 0 bridgehead atoms. The zero-order chi connectivity index (χ0) is 13.7. The van der Waals surface area contributed by atoms with Gasteiger partial charge in [0.25, 0.3) is 0 Å². The fourth-order valence-electron chi connectivity index (χ4n) is 2.13. The van der Waals surface area contributed by atoms with Gasteiger partial charge in [-0.1, -0.05) is 6.92 Å². The van der Waals surface area contributed by atoms with Crippen molar-refractivity contribution in [3.05, 3.63) is 34.5 Å². The zero-order valence-corrected chi connectivity index (χ0v) is 12.5. The van der Waals surface area contributed by atoms with Crippen LogP contribution in [0.1, 0.15) is 37.0 Å². The van der Waals surface area contributed by atoms with Gasteiger partial charge in [-0.05, 0) is 31.3 Å². The van der Waals surface area contributed by atoms with Crippen molar-refractivity contribution >= 4 is 11.3 Å². The molecule has 0 aromatic carbocycles. The Balaban J connectivity index is 2.35. The third kappa shape index (κ3) is 2.98. The maximum absolute atomic E-state index is 5.45. The Hall–Kier alpha value is -1.33. The van der Waals surface area contributed by atoms with Crippen LogP contribution in [0.5, 0.6) is 5.75 Å². The van der Waals surface area contributed by atoms with Crippen LogP contribution in [0, 0.1) is 0 Å². The quantitative estimate of drug-likeness (QED) is 0.846. The third-order valence-corrected chi connectivity index (χ3v) is 4.05. The van der Waals surface area contributed by atoms with Crippen LogP contribution in [-0.2, 0) is 6.54 Å². The van der Waals surface area contributed by atoms with Gasteiger partial charge in [0.15, 0.2) is 0 Å². The van der Waals surface area contributed by atoms with Gasteiger partial charge >= 0.3 is 0 Å². The number of ether oxygens (including phenoxy) is 1. The van der Waals surface area contributed by atoms with Crippen molar-refractivity contribution in [2.75, 3.05) is 13.7 Å². The summed E-state index contributed by atoms with van der Waals surface area (Å²) >= 11 is 1.71. The Kier molecular flexibility index (Phi) is 4.99. The van der Waals surface area contributed by atoms with E-state index in [0.29, 0.717) is 0 Å². The summed E-state index contributed by atoms with van der Waals surface area (Å²) in [5, 5.41) is 5.63. The van der Waals surface area contributed by atoms with Crippen molar-refractivity contribution in [2.45, 2.75) is 32.9 Å². The smallest absolute Gasteiger partial charge is 0.134 e. The molecule has 0 amide bonds. The van der Waals surface area contributed by atoms with Gasteiger partial charge in [0.2, 0.25) is 0 Å². The lowest BCUT2D eigenvalue weighted by atomic mass is 10.2. The first-order valence-electron chi connectivity index (χ1n) is 6.67. The van der Waals surface area contributed by atoms with Gasteiger partial charge in [-0.25, -0.2) is 4.98 Å². The van der Waals surface area contributed by atoms with E-state index in [4.69, 9.17) is 4.74 Å². The molecule has 0 saturated heterocycles. The second-order valence-corrected chi connectivity index (χ2v) is 5.26. The summed E-state index contributed by atoms with van der Waals surface area (Å²) in [6.07, 6.45) is 4.98. The van der Waals surface area contributed by atoms with Gasteiger partial charge in [0, 0.05) is 18.9 Å². The molecule has 1 atom stereocenters. The van der Waals surface area contributed by atoms with Crippen LogP contribution >= 0.6 is 11.3 Å². The number of aryl methyl sites for hydroxylation is 1. The Morgan fingerprint density at radius 2 is 2.32 bits per heavy atom. The minimum absolute atomic E-state index is 0.102. The summed E-state index contributed by atoms with van der Waals surface area (Å²) in [7, 11) is 1.72. The summed E-state index contributed by atoms with van der Waals surface area (Å²) in [4.78, 5) is 5.71. The number of hydrogen-bond donors (Lipinski definition) is 1. The highest BCUT2D eigenvalue weighted by atomic mass is 32.1. The second kappa shape index (κ2) is 6.73. The molecule has 2 aromatic rings. The van der Waals surface area contributed by atoms with Crippen molar-refractivity contribution in [3.8, 4) is 5.75 Å². The Morgan fingerprint density at radius 1 is 1.47 bits per heavy atom. The van der Waals surface area contributed by atoms with Crippen LogP contribution in [0.2, 0.25) is 0 Å². The molecule has 19 heavy (non-hydrogen) atoms. The van der Waals surface area contributed by atoms with E-state index in [1.165, 1.54) is 4.88 Å². The van der Waals surface area contributed by atoms with Crippen molar-refractivity contribution in [1.82, 2.24) is 14.9 Å². The molecule has 4 nitrogen and oxygen atoms in total. The summed E-state index contributed by atoms with van der Waals surface area (Å²) in [6, 6.07) is 2.12. The topological polar surface area (TPSA) is 39.1 Å². The first-order valence-corrected chi connectivity index (χ1v) is 7.55. The predicted octanol–water partition coefficient (Wildman–Crippen LogP) is 3.06. The predicted molar refractivity (Wildman–Crippen MR) is 78.9 cm³/mol. The number of imidazole rings is 1. The summed E-state index contributed by atoms with van der Waals surface area (Å²) in [5.41, 5.74) is 0. The van der Waals surface area contributed by atoms with E-state index < -0.39 is 0 Å². The van der Waals surface area contributed by atoms with Gasteiger partial charge in [-0.2, -0.15) is 0 Å². The number of rotatable bonds is 7. The molecule has 2 heterocycles. The monoisotopic (exact) mass is 279 g/mol. The maximum Gasteiger partial charge on any atom is 0.134 e. The summed E-state index contributed by atoms with van der Waals surface area (Å²) in [5.74, 6) is 1.99. The standard InChI is InChI=1S/C14H21N3OS/c1-4-7-15-12(13-11(18-3)6-10-19-13)14-16-8-9-17(14)5-2/h6,8-10,12,15H,4-5,7H2,1-3H3. The molecular weight excluding hydrogens is 258 g/mol. The number of nitrogens with one attached hydrogen (secondary N) is 1. The molecule has 1 N–H and O–H groups in total. The van der Waals surface area contributed by atoms with Crippen LogP contribution in [0.3, 0.4) is 0 Å². The molecule has 2 rings (SSSR count). The van der Waals surface area contributed by atoms with E-state index in [0.717, 1.165) is 31.1 Å². The number of thiophene rings is 1. The van der Waals surface area contributed by atoms with Gasteiger partial charge < -0.3 is 14.6 Å². The minimum atomic E-state index is 0.102. The average Bonchev–Trinajstić information content (AvgIpc) is 3.07. The Bertz CT molecular complexity index is 464. The highest BCUT2D eigenvalue weighted by Crippen LogP contribution is 2.34.